The van der Waals surface area contributed by atoms with E-state index in [2.05, 4.69) is 10.3 Å². The van der Waals surface area contributed by atoms with E-state index in [1.54, 1.807) is 31.4 Å². The molecule has 2 rings (SSSR count). The number of thiazole rings is 1. The number of nitrogens with zero attached hydrogens (tertiary/aromatic N) is 2. The van der Waals surface area contributed by atoms with Gasteiger partial charge in [0.1, 0.15) is 16.4 Å². The maximum atomic E-state index is 12.1. The number of hydrogen-bond donors (Lipinski definition) is 2. The summed E-state index contributed by atoms with van der Waals surface area (Å²) in [5, 5.41) is 15.7. The molecule has 8 heteroatoms. The molecule has 0 aliphatic rings. The molecule has 3 N–H and O–H groups in total. The average Bonchev–Trinajstić information content (AvgIpc) is 2.88. The lowest BCUT2D eigenvalue weighted by molar-refractivity contribution is -0.383. The van der Waals surface area contributed by atoms with Crippen LogP contribution in [0.4, 0.5) is 11.4 Å². The minimum Gasteiger partial charge on any atom is -0.322 e. The maximum Gasteiger partial charge on any atom is 0.292 e. The van der Waals surface area contributed by atoms with Crippen molar-refractivity contribution in [2.24, 2.45) is 5.73 Å². The van der Waals surface area contributed by atoms with Crippen molar-refractivity contribution in [3.63, 3.8) is 0 Å². The standard InChI is InChI=1S/C13H14N4O3S/c1-7-3-4-11(17(19)20)9(5-7)15-12(18)10-6-21-13(16-10)8(2)14/h3-6,8H,14H2,1-2H3,(H,15,18). The van der Waals surface area contributed by atoms with Gasteiger partial charge in [0.2, 0.25) is 0 Å². The van der Waals surface area contributed by atoms with E-state index >= 15 is 0 Å². The van der Waals surface area contributed by atoms with Crippen molar-refractivity contribution < 1.29 is 9.72 Å². The molecular weight excluding hydrogens is 292 g/mol. The number of amides is 1. The van der Waals surface area contributed by atoms with Crippen LogP contribution in [-0.2, 0) is 0 Å². The lowest BCUT2D eigenvalue weighted by Gasteiger charge is -2.05. The summed E-state index contributed by atoms with van der Waals surface area (Å²) in [4.78, 5) is 26.7. The molecular formula is C13H14N4O3S. The molecule has 1 unspecified atom stereocenters. The molecule has 1 amide bonds. The van der Waals surface area contributed by atoms with E-state index in [4.69, 9.17) is 5.73 Å². The van der Waals surface area contributed by atoms with Crippen LogP contribution in [0.1, 0.15) is 34.0 Å². The number of carbonyl (C=O) groups excluding carboxylic acids is 1. The molecule has 0 aliphatic heterocycles. The van der Waals surface area contributed by atoms with Crippen molar-refractivity contribution in [1.29, 1.82) is 0 Å². The quantitative estimate of drug-likeness (QED) is 0.666. The number of nitro benzene ring substituents is 1. The van der Waals surface area contributed by atoms with Crippen molar-refractivity contribution >= 4 is 28.6 Å². The minimum atomic E-state index is -0.538. The SMILES string of the molecule is Cc1ccc([N+](=O)[O-])c(NC(=O)c2csc(C(C)N)n2)c1. The third kappa shape index (κ3) is 3.41. The molecule has 0 fully saturated rings. The second-order valence-corrected chi connectivity index (χ2v) is 5.48. The number of carbonyl (C=O) groups is 1. The summed E-state index contributed by atoms with van der Waals surface area (Å²) in [5.74, 6) is -0.494. The van der Waals surface area contributed by atoms with E-state index in [0.717, 1.165) is 5.56 Å². The second-order valence-electron chi connectivity index (χ2n) is 4.59. The molecule has 0 saturated heterocycles. The normalized spacial score (nSPS) is 12.0. The van der Waals surface area contributed by atoms with Gasteiger partial charge >= 0.3 is 0 Å². The molecule has 0 spiro atoms. The first-order valence-corrected chi connectivity index (χ1v) is 7.04. The Morgan fingerprint density at radius 3 is 2.81 bits per heavy atom. The summed E-state index contributed by atoms with van der Waals surface area (Å²) >= 11 is 1.28. The van der Waals surface area contributed by atoms with E-state index in [1.165, 1.54) is 17.4 Å². The van der Waals surface area contributed by atoms with Crippen LogP contribution in [0.25, 0.3) is 0 Å². The fraction of sp³-hybridized carbons (Fsp3) is 0.231. The van der Waals surface area contributed by atoms with E-state index < -0.39 is 10.8 Å². The van der Waals surface area contributed by atoms with Crippen LogP contribution in [0.2, 0.25) is 0 Å². The van der Waals surface area contributed by atoms with Crippen LogP contribution in [-0.4, -0.2) is 15.8 Å². The predicted octanol–water partition coefficient (Wildman–Crippen LogP) is 2.63. The molecule has 0 radical (unpaired) electrons. The van der Waals surface area contributed by atoms with Crippen LogP contribution >= 0.6 is 11.3 Å². The molecule has 110 valence electrons. The number of hydrogen-bond acceptors (Lipinski definition) is 6. The second kappa shape index (κ2) is 5.98. The highest BCUT2D eigenvalue weighted by Gasteiger charge is 2.18. The minimum absolute atomic E-state index is 0.153. The Bertz CT molecular complexity index is 696. The van der Waals surface area contributed by atoms with Gasteiger partial charge in [0, 0.05) is 11.4 Å². The Labute approximate surface area is 125 Å². The molecule has 21 heavy (non-hydrogen) atoms. The van der Waals surface area contributed by atoms with Crippen LogP contribution in [0.15, 0.2) is 23.6 Å². The fourth-order valence-electron chi connectivity index (χ4n) is 1.70. The van der Waals surface area contributed by atoms with Gasteiger partial charge in [-0.05, 0) is 25.5 Å². The summed E-state index contributed by atoms with van der Waals surface area (Å²) in [6, 6.07) is 4.27. The van der Waals surface area contributed by atoms with Crippen LogP contribution in [0.5, 0.6) is 0 Å². The van der Waals surface area contributed by atoms with Gasteiger partial charge in [0.05, 0.1) is 11.0 Å². The van der Waals surface area contributed by atoms with Gasteiger partial charge in [-0.2, -0.15) is 0 Å². The zero-order chi connectivity index (χ0) is 15.6. The summed E-state index contributed by atoms with van der Waals surface area (Å²) in [7, 11) is 0. The monoisotopic (exact) mass is 306 g/mol. The number of anilines is 1. The van der Waals surface area contributed by atoms with Gasteiger partial charge < -0.3 is 11.1 Å². The van der Waals surface area contributed by atoms with Crippen LogP contribution < -0.4 is 11.1 Å². The van der Waals surface area contributed by atoms with Crippen molar-refractivity contribution in [2.45, 2.75) is 19.9 Å². The van der Waals surface area contributed by atoms with Crippen molar-refractivity contribution in [3.05, 3.63) is 50.0 Å². The smallest absolute Gasteiger partial charge is 0.292 e. The number of nitrogens with two attached hydrogens (primary N) is 1. The number of rotatable bonds is 4. The van der Waals surface area contributed by atoms with E-state index in [9.17, 15) is 14.9 Å². The van der Waals surface area contributed by atoms with E-state index in [-0.39, 0.29) is 23.1 Å². The summed E-state index contributed by atoms with van der Waals surface area (Å²) < 4.78 is 0. The zero-order valence-corrected chi connectivity index (χ0v) is 12.3. The van der Waals surface area contributed by atoms with Crippen molar-refractivity contribution in [2.75, 3.05) is 5.32 Å². The Morgan fingerprint density at radius 1 is 1.52 bits per heavy atom. The first kappa shape index (κ1) is 15.1. The largest absolute Gasteiger partial charge is 0.322 e. The number of nitro groups is 1. The number of benzene rings is 1. The first-order valence-electron chi connectivity index (χ1n) is 6.16. The van der Waals surface area contributed by atoms with Gasteiger partial charge in [0.15, 0.2) is 0 Å². The van der Waals surface area contributed by atoms with Crippen LogP contribution in [0, 0.1) is 17.0 Å². The van der Waals surface area contributed by atoms with E-state index in [0.29, 0.717) is 5.01 Å². The third-order valence-electron chi connectivity index (χ3n) is 2.74. The van der Waals surface area contributed by atoms with Gasteiger partial charge in [-0.3, -0.25) is 14.9 Å². The van der Waals surface area contributed by atoms with Crippen molar-refractivity contribution in [3.8, 4) is 0 Å². The predicted molar refractivity (Wildman–Crippen MR) is 80.5 cm³/mol. The van der Waals surface area contributed by atoms with Crippen LogP contribution in [0.3, 0.4) is 0 Å². The molecule has 0 saturated carbocycles. The fourth-order valence-corrected chi connectivity index (χ4v) is 2.45. The van der Waals surface area contributed by atoms with Gasteiger partial charge in [-0.15, -0.1) is 11.3 Å². The lowest BCUT2D eigenvalue weighted by Crippen LogP contribution is -2.14. The topological polar surface area (TPSA) is 111 Å². The number of aromatic nitrogens is 1. The van der Waals surface area contributed by atoms with Gasteiger partial charge in [0.25, 0.3) is 11.6 Å². The van der Waals surface area contributed by atoms with Crippen molar-refractivity contribution in [1.82, 2.24) is 4.98 Å². The Hall–Kier alpha value is -2.32. The van der Waals surface area contributed by atoms with E-state index in [1.807, 2.05) is 0 Å². The molecule has 1 heterocycles. The molecule has 7 nitrogen and oxygen atoms in total. The number of nitrogens with one attached hydrogen (secondary N) is 1. The lowest BCUT2D eigenvalue weighted by atomic mass is 10.2. The third-order valence-corrected chi connectivity index (χ3v) is 3.79. The highest BCUT2D eigenvalue weighted by molar-refractivity contribution is 7.09. The highest BCUT2D eigenvalue weighted by Crippen LogP contribution is 2.26. The maximum absolute atomic E-state index is 12.1. The summed E-state index contributed by atoms with van der Waals surface area (Å²) in [6.07, 6.45) is 0. The molecule has 0 aliphatic carbocycles. The summed E-state index contributed by atoms with van der Waals surface area (Å²) in [6.45, 7) is 3.56. The Morgan fingerprint density at radius 2 is 2.24 bits per heavy atom. The highest BCUT2D eigenvalue weighted by atomic mass is 32.1. The average molecular weight is 306 g/mol. The summed E-state index contributed by atoms with van der Waals surface area (Å²) in [5.41, 5.74) is 6.70. The molecule has 1 aromatic carbocycles. The molecule has 1 atom stereocenters. The Balaban J connectivity index is 2.26. The van der Waals surface area contributed by atoms with Gasteiger partial charge in [-0.1, -0.05) is 6.07 Å². The Kier molecular flexibility index (Phi) is 4.29. The number of aryl methyl sites for hydroxylation is 1. The van der Waals surface area contributed by atoms with Gasteiger partial charge in [-0.25, -0.2) is 4.98 Å². The molecule has 2 aromatic rings. The molecule has 0 bridgehead atoms. The first-order chi connectivity index (χ1) is 9.88. The molecule has 1 aromatic heterocycles. The zero-order valence-electron chi connectivity index (χ0n) is 11.5.